The van der Waals surface area contributed by atoms with Crippen LogP contribution in [0.1, 0.15) is 43.0 Å². The number of carbonyl (C=O) groups is 1. The summed E-state index contributed by atoms with van der Waals surface area (Å²) in [7, 11) is 0. The smallest absolute Gasteiger partial charge is 0.272 e. The van der Waals surface area contributed by atoms with Gasteiger partial charge >= 0.3 is 0 Å². The molecule has 22 heavy (non-hydrogen) atoms. The number of amides is 1. The summed E-state index contributed by atoms with van der Waals surface area (Å²) in [5, 5.41) is 0. The van der Waals surface area contributed by atoms with Crippen LogP contribution in [0.15, 0.2) is 6.07 Å². The molecule has 0 saturated carbocycles. The molecule has 6 nitrogen and oxygen atoms in total. The number of morpholine rings is 1. The lowest BCUT2D eigenvalue weighted by molar-refractivity contribution is 0.0749. The minimum Gasteiger partial charge on any atom is -0.378 e. The summed E-state index contributed by atoms with van der Waals surface area (Å²) in [4.78, 5) is 25.6. The van der Waals surface area contributed by atoms with E-state index in [-0.39, 0.29) is 5.91 Å². The Balaban J connectivity index is 2.22. The van der Waals surface area contributed by atoms with Gasteiger partial charge in [0.1, 0.15) is 17.3 Å². The summed E-state index contributed by atoms with van der Waals surface area (Å²) in [6, 6.07) is 1.82. The molecule has 2 rings (SSSR count). The monoisotopic (exact) mass is 306 g/mol. The minimum atomic E-state index is 0.00343. The number of carbonyl (C=O) groups excluding carboxylic acids is 1. The van der Waals surface area contributed by atoms with Gasteiger partial charge < -0.3 is 14.5 Å². The maximum atomic E-state index is 12.7. The summed E-state index contributed by atoms with van der Waals surface area (Å²) >= 11 is 0. The van der Waals surface area contributed by atoms with Gasteiger partial charge in [-0.2, -0.15) is 0 Å². The lowest BCUT2D eigenvalue weighted by atomic mass is 10.2. The Hall–Kier alpha value is -1.69. The van der Waals surface area contributed by atoms with Crippen LogP contribution in [-0.2, 0) is 4.74 Å². The molecule has 0 spiro atoms. The average Bonchev–Trinajstić information content (AvgIpc) is 2.54. The maximum absolute atomic E-state index is 12.7. The second-order valence-electron chi connectivity index (χ2n) is 5.55. The first-order chi connectivity index (χ1) is 10.7. The first-order valence-electron chi connectivity index (χ1n) is 8.13. The third kappa shape index (κ3) is 4.16. The molecule has 1 aromatic rings. The molecule has 1 fully saturated rings. The molecular weight excluding hydrogens is 280 g/mol. The van der Waals surface area contributed by atoms with Crippen LogP contribution in [0.5, 0.6) is 0 Å². The topological polar surface area (TPSA) is 58.6 Å². The van der Waals surface area contributed by atoms with Crippen LogP contribution in [0.25, 0.3) is 0 Å². The SMILES string of the molecule is CCCN(CCC)C(=O)c1cc(N2CCOCC2)nc(C)n1. The molecule has 1 aliphatic rings. The lowest BCUT2D eigenvalue weighted by Gasteiger charge is -2.28. The molecule has 1 saturated heterocycles. The van der Waals surface area contributed by atoms with E-state index in [0.29, 0.717) is 24.7 Å². The van der Waals surface area contributed by atoms with Gasteiger partial charge in [0.05, 0.1) is 13.2 Å². The second-order valence-corrected chi connectivity index (χ2v) is 5.55. The quantitative estimate of drug-likeness (QED) is 0.803. The number of nitrogens with zero attached hydrogens (tertiary/aromatic N) is 4. The zero-order valence-corrected chi connectivity index (χ0v) is 13.8. The highest BCUT2D eigenvalue weighted by atomic mass is 16.5. The predicted molar refractivity (Wildman–Crippen MR) is 86.3 cm³/mol. The number of anilines is 1. The molecule has 0 atom stereocenters. The summed E-state index contributed by atoms with van der Waals surface area (Å²) < 4.78 is 5.37. The highest BCUT2D eigenvalue weighted by Crippen LogP contribution is 2.16. The molecule has 6 heteroatoms. The van der Waals surface area contributed by atoms with Gasteiger partial charge in [0, 0.05) is 32.2 Å². The van der Waals surface area contributed by atoms with Crippen molar-refractivity contribution in [2.45, 2.75) is 33.6 Å². The first-order valence-corrected chi connectivity index (χ1v) is 8.13. The Kier molecular flexibility index (Phi) is 6.12. The number of aromatic nitrogens is 2. The molecule has 0 radical (unpaired) electrons. The van der Waals surface area contributed by atoms with Crippen molar-refractivity contribution in [2.75, 3.05) is 44.3 Å². The van der Waals surface area contributed by atoms with Crippen molar-refractivity contribution in [3.05, 3.63) is 17.6 Å². The van der Waals surface area contributed by atoms with Crippen molar-refractivity contribution in [3.63, 3.8) is 0 Å². The summed E-state index contributed by atoms with van der Waals surface area (Å²) in [5.41, 5.74) is 0.496. The van der Waals surface area contributed by atoms with Gasteiger partial charge in [-0.3, -0.25) is 4.79 Å². The third-order valence-electron chi connectivity index (χ3n) is 3.65. The Bertz CT molecular complexity index is 495. The molecule has 0 aromatic carbocycles. The van der Waals surface area contributed by atoms with Gasteiger partial charge in [-0.1, -0.05) is 13.8 Å². The van der Waals surface area contributed by atoms with Crippen molar-refractivity contribution >= 4 is 11.7 Å². The highest BCUT2D eigenvalue weighted by Gasteiger charge is 2.20. The van der Waals surface area contributed by atoms with Crippen LogP contribution in [0.4, 0.5) is 5.82 Å². The number of rotatable bonds is 6. The van der Waals surface area contributed by atoms with Crippen LogP contribution < -0.4 is 4.90 Å². The maximum Gasteiger partial charge on any atom is 0.272 e. The fraction of sp³-hybridized carbons (Fsp3) is 0.688. The van der Waals surface area contributed by atoms with E-state index in [1.807, 2.05) is 17.9 Å². The zero-order valence-electron chi connectivity index (χ0n) is 13.8. The van der Waals surface area contributed by atoms with E-state index < -0.39 is 0 Å². The third-order valence-corrected chi connectivity index (χ3v) is 3.65. The number of hydrogen-bond acceptors (Lipinski definition) is 5. The molecule has 1 aromatic heterocycles. The minimum absolute atomic E-state index is 0.00343. The molecule has 0 bridgehead atoms. The van der Waals surface area contributed by atoms with Gasteiger partial charge in [-0.25, -0.2) is 9.97 Å². The predicted octanol–water partition coefficient (Wildman–Crippen LogP) is 1.88. The summed E-state index contributed by atoms with van der Waals surface area (Å²) in [6.07, 6.45) is 1.90. The van der Waals surface area contributed by atoms with Crippen LogP contribution in [-0.4, -0.2) is 60.2 Å². The van der Waals surface area contributed by atoms with Crippen LogP contribution in [0.3, 0.4) is 0 Å². The van der Waals surface area contributed by atoms with Crippen LogP contribution in [0, 0.1) is 6.92 Å². The normalized spacial score (nSPS) is 15.0. The van der Waals surface area contributed by atoms with E-state index in [1.54, 1.807) is 0 Å². The molecule has 122 valence electrons. The van der Waals surface area contributed by atoms with Gasteiger partial charge in [0.15, 0.2) is 0 Å². The number of aryl methyl sites for hydroxylation is 1. The Morgan fingerprint density at radius 2 is 1.86 bits per heavy atom. The average molecular weight is 306 g/mol. The molecular formula is C16H26N4O2. The molecule has 0 unspecified atom stereocenters. The largest absolute Gasteiger partial charge is 0.378 e. The van der Waals surface area contributed by atoms with Gasteiger partial charge in [-0.15, -0.1) is 0 Å². The standard InChI is InChI=1S/C16H26N4O2/c1-4-6-20(7-5-2)16(21)14-12-15(18-13(3)17-14)19-8-10-22-11-9-19/h12H,4-11H2,1-3H3. The highest BCUT2D eigenvalue weighted by molar-refractivity contribution is 5.93. The van der Waals surface area contributed by atoms with Crippen LogP contribution in [0.2, 0.25) is 0 Å². The molecule has 0 aliphatic carbocycles. The second kappa shape index (κ2) is 8.08. The fourth-order valence-electron chi connectivity index (χ4n) is 2.63. The Morgan fingerprint density at radius 1 is 1.23 bits per heavy atom. The van der Waals surface area contributed by atoms with Crippen molar-refractivity contribution in [1.82, 2.24) is 14.9 Å². The van der Waals surface area contributed by atoms with E-state index >= 15 is 0 Å². The molecule has 2 heterocycles. The Labute approximate surface area is 132 Å². The number of ether oxygens (including phenoxy) is 1. The first kappa shape index (κ1) is 16.7. The summed E-state index contributed by atoms with van der Waals surface area (Å²) in [6.45, 7) is 10.5. The van der Waals surface area contributed by atoms with Crippen LogP contribution >= 0.6 is 0 Å². The van der Waals surface area contributed by atoms with E-state index in [2.05, 4.69) is 28.7 Å². The lowest BCUT2D eigenvalue weighted by Crippen LogP contribution is -2.37. The van der Waals surface area contributed by atoms with Crippen molar-refractivity contribution in [1.29, 1.82) is 0 Å². The molecule has 0 N–H and O–H groups in total. The van der Waals surface area contributed by atoms with Crippen molar-refractivity contribution in [3.8, 4) is 0 Å². The van der Waals surface area contributed by atoms with Gasteiger partial charge in [0.25, 0.3) is 5.91 Å². The van der Waals surface area contributed by atoms with Gasteiger partial charge in [0.2, 0.25) is 0 Å². The molecule has 1 amide bonds. The van der Waals surface area contributed by atoms with E-state index in [1.165, 1.54) is 0 Å². The fourth-order valence-corrected chi connectivity index (χ4v) is 2.63. The Morgan fingerprint density at radius 3 is 2.45 bits per heavy atom. The van der Waals surface area contributed by atoms with Gasteiger partial charge in [-0.05, 0) is 19.8 Å². The number of hydrogen-bond donors (Lipinski definition) is 0. The van der Waals surface area contributed by atoms with E-state index in [4.69, 9.17) is 4.74 Å². The molecule has 1 aliphatic heterocycles. The van der Waals surface area contributed by atoms with E-state index in [0.717, 1.165) is 44.8 Å². The van der Waals surface area contributed by atoms with E-state index in [9.17, 15) is 4.79 Å². The zero-order chi connectivity index (χ0) is 15.9. The van der Waals surface area contributed by atoms with Crippen molar-refractivity contribution < 1.29 is 9.53 Å². The van der Waals surface area contributed by atoms with Crippen molar-refractivity contribution in [2.24, 2.45) is 0 Å². The summed E-state index contributed by atoms with van der Waals surface area (Å²) in [5.74, 6) is 1.47.